The lowest BCUT2D eigenvalue weighted by Gasteiger charge is -2.37. The molecule has 2 aromatic heterocycles. The lowest BCUT2D eigenvalue weighted by molar-refractivity contribution is -0.126. The van der Waals surface area contributed by atoms with Gasteiger partial charge in [0.25, 0.3) is 5.56 Å². The van der Waals surface area contributed by atoms with Crippen LogP contribution in [-0.4, -0.2) is 52.2 Å². The fourth-order valence-electron chi connectivity index (χ4n) is 5.87. The smallest absolute Gasteiger partial charge is 0.272 e. The van der Waals surface area contributed by atoms with Crippen LogP contribution >= 0.6 is 46.4 Å². The molecular formula is C31H28Cl4FN7O2. The van der Waals surface area contributed by atoms with Gasteiger partial charge in [-0.05, 0) is 18.1 Å². The number of carbonyl (C=O) groups excluding carboxylic acids is 1. The van der Waals surface area contributed by atoms with Crippen LogP contribution in [0.1, 0.15) is 32.4 Å². The molecule has 1 amide bonds. The molecule has 1 unspecified atom stereocenters. The van der Waals surface area contributed by atoms with Crippen molar-refractivity contribution in [3.63, 3.8) is 0 Å². The first-order chi connectivity index (χ1) is 21.3. The van der Waals surface area contributed by atoms with Crippen molar-refractivity contribution < 1.29 is 9.18 Å². The lowest BCUT2D eigenvalue weighted by atomic mass is 9.88. The van der Waals surface area contributed by atoms with Crippen molar-refractivity contribution in [3.05, 3.63) is 72.8 Å². The highest BCUT2D eigenvalue weighted by Crippen LogP contribution is 2.47. The van der Waals surface area contributed by atoms with Crippen LogP contribution in [0.5, 0.6) is 0 Å². The summed E-state index contributed by atoms with van der Waals surface area (Å²) in [5.41, 5.74) is 6.10. The summed E-state index contributed by atoms with van der Waals surface area (Å²) in [7, 11) is 0. The lowest BCUT2D eigenvalue weighted by Crippen LogP contribution is -2.49. The molecule has 2 aliphatic rings. The minimum Gasteiger partial charge on any atom is -0.396 e. The van der Waals surface area contributed by atoms with E-state index < -0.39 is 27.5 Å². The quantitative estimate of drug-likeness (QED) is 0.135. The number of nitrogen functional groups attached to an aromatic ring is 1. The molecule has 0 aliphatic carbocycles. The maximum absolute atomic E-state index is 15.1. The SMILES string of the molecule is C=CC(=O)N1CCN(c2c(C#N)c(=O)n(C3C(C(C)C)=NC=C[C@H]3C)c3nc(-c4c(Cl)c(N)c(Cl)c(F)c4Cl)c(Cl)cc23)CC1. The van der Waals surface area contributed by atoms with Crippen LogP contribution in [-0.2, 0) is 4.79 Å². The van der Waals surface area contributed by atoms with Crippen molar-refractivity contribution >= 4 is 80.4 Å². The van der Waals surface area contributed by atoms with Gasteiger partial charge in [-0.25, -0.2) is 9.37 Å². The maximum Gasteiger partial charge on any atom is 0.272 e. The molecule has 9 nitrogen and oxygen atoms in total. The number of hydrogen-bond acceptors (Lipinski definition) is 7. The highest BCUT2D eigenvalue weighted by atomic mass is 35.5. The molecule has 2 N–H and O–H groups in total. The highest BCUT2D eigenvalue weighted by molar-refractivity contribution is 6.46. The Labute approximate surface area is 278 Å². The molecule has 0 spiro atoms. The summed E-state index contributed by atoms with van der Waals surface area (Å²) in [4.78, 5) is 39.6. The van der Waals surface area contributed by atoms with Gasteiger partial charge in [0.15, 0.2) is 5.82 Å². The van der Waals surface area contributed by atoms with Gasteiger partial charge in [0.1, 0.15) is 22.3 Å². The van der Waals surface area contributed by atoms with Gasteiger partial charge in [-0.15, -0.1) is 0 Å². The topological polar surface area (TPSA) is 121 Å². The van der Waals surface area contributed by atoms with Gasteiger partial charge in [0, 0.05) is 55.0 Å². The Morgan fingerprint density at radius 2 is 1.84 bits per heavy atom. The third-order valence-corrected chi connectivity index (χ3v) is 9.53. The van der Waals surface area contributed by atoms with Crippen molar-refractivity contribution in [3.8, 4) is 17.3 Å². The number of benzene rings is 1. The number of aliphatic imine (C=N–C) groups is 1. The molecule has 234 valence electrons. The van der Waals surface area contributed by atoms with Crippen molar-refractivity contribution in [1.82, 2.24) is 14.5 Å². The molecule has 14 heteroatoms. The van der Waals surface area contributed by atoms with Gasteiger partial charge >= 0.3 is 0 Å². The minimum absolute atomic E-state index is 0.0116. The summed E-state index contributed by atoms with van der Waals surface area (Å²) >= 11 is 25.8. The third-order valence-electron chi connectivity index (χ3n) is 8.12. The summed E-state index contributed by atoms with van der Waals surface area (Å²) in [6.07, 6.45) is 4.81. The molecule has 1 saturated heterocycles. The molecule has 1 aromatic carbocycles. The molecule has 0 radical (unpaired) electrons. The third kappa shape index (κ3) is 5.46. The molecular weight excluding hydrogens is 663 g/mol. The van der Waals surface area contributed by atoms with E-state index in [2.05, 4.69) is 17.6 Å². The van der Waals surface area contributed by atoms with Gasteiger partial charge in [-0.3, -0.25) is 19.1 Å². The number of nitriles is 1. The van der Waals surface area contributed by atoms with E-state index in [1.54, 1.807) is 17.2 Å². The average Bonchev–Trinajstić information content (AvgIpc) is 3.02. The van der Waals surface area contributed by atoms with Crippen molar-refractivity contribution in [2.24, 2.45) is 16.8 Å². The van der Waals surface area contributed by atoms with Crippen molar-refractivity contribution in [1.29, 1.82) is 5.26 Å². The Kier molecular flexibility index (Phi) is 9.20. The zero-order chi connectivity index (χ0) is 32.9. The number of amides is 1. The zero-order valence-electron chi connectivity index (χ0n) is 24.5. The van der Waals surface area contributed by atoms with E-state index in [1.165, 1.54) is 10.6 Å². The molecule has 2 atom stereocenters. The summed E-state index contributed by atoms with van der Waals surface area (Å²) in [6, 6.07) is 3.05. The van der Waals surface area contributed by atoms with Crippen molar-refractivity contribution in [2.45, 2.75) is 26.8 Å². The number of hydrogen-bond donors (Lipinski definition) is 1. The first-order valence-corrected chi connectivity index (χ1v) is 15.6. The Hall–Kier alpha value is -3.62. The molecule has 2 aliphatic heterocycles. The van der Waals surface area contributed by atoms with Gasteiger partial charge in [-0.2, -0.15) is 5.26 Å². The van der Waals surface area contributed by atoms with E-state index >= 15 is 4.39 Å². The molecule has 1 fully saturated rings. The van der Waals surface area contributed by atoms with Crippen LogP contribution in [0.15, 0.2) is 40.8 Å². The van der Waals surface area contributed by atoms with Gasteiger partial charge < -0.3 is 15.5 Å². The number of pyridine rings is 2. The summed E-state index contributed by atoms with van der Waals surface area (Å²) in [5.74, 6) is -1.50. The normalized spacial score (nSPS) is 18.4. The molecule has 3 aromatic rings. The number of carbonyl (C=O) groups is 1. The molecule has 0 bridgehead atoms. The van der Waals surface area contributed by atoms with Crippen LogP contribution in [0, 0.1) is 29.0 Å². The van der Waals surface area contributed by atoms with Crippen LogP contribution in [0.25, 0.3) is 22.3 Å². The second-order valence-corrected chi connectivity index (χ2v) is 12.7. The van der Waals surface area contributed by atoms with E-state index in [0.29, 0.717) is 43.0 Å². The molecule has 45 heavy (non-hydrogen) atoms. The Morgan fingerprint density at radius 1 is 1.18 bits per heavy atom. The molecule has 0 saturated carbocycles. The Balaban J connectivity index is 1.88. The number of nitrogens with zero attached hydrogens (tertiary/aromatic N) is 6. The van der Waals surface area contributed by atoms with E-state index in [-0.39, 0.29) is 55.9 Å². The summed E-state index contributed by atoms with van der Waals surface area (Å²) in [5, 5.41) is 9.77. The number of anilines is 2. The van der Waals surface area contributed by atoms with Gasteiger partial charge in [0.05, 0.1) is 38.2 Å². The number of aromatic nitrogens is 2. The number of fused-ring (bicyclic) bond motifs is 1. The van der Waals surface area contributed by atoms with Crippen LogP contribution in [0.4, 0.5) is 15.8 Å². The first-order valence-electron chi connectivity index (χ1n) is 14.0. The fraction of sp³-hybridized carbons (Fsp3) is 0.323. The summed E-state index contributed by atoms with van der Waals surface area (Å²) in [6.45, 7) is 10.7. The van der Waals surface area contributed by atoms with Crippen LogP contribution < -0.4 is 16.2 Å². The first kappa shape index (κ1) is 32.8. The number of halogens is 5. The molecule has 4 heterocycles. The molecule has 5 rings (SSSR count). The van der Waals surface area contributed by atoms with E-state index in [9.17, 15) is 14.9 Å². The van der Waals surface area contributed by atoms with E-state index in [0.717, 1.165) is 0 Å². The Morgan fingerprint density at radius 3 is 2.44 bits per heavy atom. The zero-order valence-corrected chi connectivity index (χ0v) is 27.6. The van der Waals surface area contributed by atoms with Gasteiger partial charge in [-0.1, -0.05) is 79.8 Å². The van der Waals surface area contributed by atoms with E-state index in [1.807, 2.05) is 31.7 Å². The fourth-order valence-corrected chi connectivity index (χ4v) is 7.00. The summed E-state index contributed by atoms with van der Waals surface area (Å²) < 4.78 is 16.5. The van der Waals surface area contributed by atoms with E-state index in [4.69, 9.17) is 57.1 Å². The number of rotatable bonds is 5. The predicted octanol–water partition coefficient (Wildman–Crippen LogP) is 6.91. The predicted molar refractivity (Wildman–Crippen MR) is 179 cm³/mol. The average molecular weight is 691 g/mol. The number of nitrogens with two attached hydrogens (primary N) is 1. The monoisotopic (exact) mass is 689 g/mol. The highest BCUT2D eigenvalue weighted by Gasteiger charge is 2.35. The largest absolute Gasteiger partial charge is 0.396 e. The minimum atomic E-state index is -1.00. The second-order valence-electron chi connectivity index (χ2n) is 11.1. The number of piperazine rings is 1. The standard InChI is InChI=1S/C31H28Cl4FN7O2/c1-5-19(44)41-8-10-42(11-9-41)29-16-12-18(32)27(20-21(33)24(36)23(35)25(38)22(20)34)40-30(16)43(31(45)17(29)13-37)28-15(4)6-7-39-26(28)14(2)3/h5-7,12,14-15,28H,1,8-11,38H2,2-4H3/t15-,28?/m1/s1. The van der Waals surface area contributed by atoms with Gasteiger partial charge in [0.2, 0.25) is 5.91 Å². The van der Waals surface area contributed by atoms with Crippen LogP contribution in [0.2, 0.25) is 20.1 Å². The second kappa shape index (κ2) is 12.6. The number of allylic oxidation sites excluding steroid dienone is 1. The van der Waals surface area contributed by atoms with Crippen molar-refractivity contribution in [2.75, 3.05) is 36.8 Å². The Bertz CT molecular complexity index is 1900. The van der Waals surface area contributed by atoms with Crippen LogP contribution in [0.3, 0.4) is 0 Å². The maximum atomic E-state index is 15.1.